The molecule has 2 N–H and O–H groups in total. The second-order valence-corrected chi connectivity index (χ2v) is 7.33. The Morgan fingerprint density at radius 1 is 1.00 bits per heavy atom. The fraction of sp³-hybridized carbons (Fsp3) is 1.00. The van der Waals surface area contributed by atoms with Crippen LogP contribution in [0, 0.1) is 17.8 Å². The summed E-state index contributed by atoms with van der Waals surface area (Å²) in [4.78, 5) is 2.72. The monoisotopic (exact) mass is 266 g/mol. The molecule has 0 spiro atoms. The van der Waals surface area contributed by atoms with E-state index in [4.69, 9.17) is 5.73 Å². The number of nitrogens with two attached hydrogens (primary N) is 1. The summed E-state index contributed by atoms with van der Waals surface area (Å²) in [6.45, 7) is 5.66. The number of nitrogens with zero attached hydrogens (tertiary/aromatic N) is 1. The molecule has 2 heteroatoms. The molecule has 0 saturated heterocycles. The van der Waals surface area contributed by atoms with Crippen LogP contribution in [0.15, 0.2) is 0 Å². The Labute approximate surface area is 120 Å². The molecule has 19 heavy (non-hydrogen) atoms. The van der Waals surface area contributed by atoms with E-state index in [1.54, 1.807) is 0 Å². The van der Waals surface area contributed by atoms with Crippen molar-refractivity contribution in [3.63, 3.8) is 0 Å². The third-order valence-electron chi connectivity index (χ3n) is 5.95. The van der Waals surface area contributed by atoms with E-state index in [0.717, 1.165) is 36.4 Å². The van der Waals surface area contributed by atoms with Gasteiger partial charge in [-0.05, 0) is 69.9 Å². The van der Waals surface area contributed by atoms with E-state index < -0.39 is 0 Å². The third kappa shape index (κ3) is 3.72. The molecule has 2 atom stereocenters. The van der Waals surface area contributed by atoms with E-state index in [-0.39, 0.29) is 0 Å². The zero-order valence-electron chi connectivity index (χ0n) is 13.3. The Hall–Kier alpha value is -0.0800. The molecule has 2 aliphatic carbocycles. The summed E-state index contributed by atoms with van der Waals surface area (Å²) in [7, 11) is 2.37. The van der Waals surface area contributed by atoms with Gasteiger partial charge in [0.25, 0.3) is 0 Å². The molecule has 2 nitrogen and oxygen atoms in total. The van der Waals surface area contributed by atoms with Gasteiger partial charge in [-0.2, -0.15) is 0 Å². The molecule has 2 fully saturated rings. The van der Waals surface area contributed by atoms with E-state index in [9.17, 15) is 0 Å². The second kappa shape index (κ2) is 7.08. The maximum absolute atomic E-state index is 6.00. The molecule has 0 amide bonds. The molecule has 0 bridgehead atoms. The van der Waals surface area contributed by atoms with Gasteiger partial charge in [-0.3, -0.25) is 0 Å². The van der Waals surface area contributed by atoms with Crippen molar-refractivity contribution < 1.29 is 0 Å². The van der Waals surface area contributed by atoms with Gasteiger partial charge in [0.2, 0.25) is 0 Å². The summed E-state index contributed by atoms with van der Waals surface area (Å²) in [6.07, 6.45) is 11.2. The number of hydrogen-bond donors (Lipinski definition) is 1. The topological polar surface area (TPSA) is 29.3 Å². The molecule has 2 unspecified atom stereocenters. The van der Waals surface area contributed by atoms with Crippen molar-refractivity contribution in [2.45, 2.75) is 77.3 Å². The van der Waals surface area contributed by atoms with E-state index in [0.29, 0.717) is 0 Å². The normalized spacial score (nSPS) is 36.9. The summed E-state index contributed by atoms with van der Waals surface area (Å²) in [6, 6.07) is 1.59. The summed E-state index contributed by atoms with van der Waals surface area (Å²) < 4.78 is 0. The quantitative estimate of drug-likeness (QED) is 0.841. The molecule has 2 rings (SSSR count). The molecular weight excluding hydrogens is 232 g/mol. The van der Waals surface area contributed by atoms with Crippen LogP contribution in [0.1, 0.15) is 65.2 Å². The maximum atomic E-state index is 6.00. The largest absolute Gasteiger partial charge is 0.330 e. The van der Waals surface area contributed by atoms with Gasteiger partial charge >= 0.3 is 0 Å². The highest BCUT2D eigenvalue weighted by molar-refractivity contribution is 4.88. The SMILES string of the molecule is CC(C)C1CCC(N(C)C2CCCCC2CN)CC1. The fourth-order valence-corrected chi connectivity index (χ4v) is 4.45. The van der Waals surface area contributed by atoms with Crippen molar-refractivity contribution in [2.24, 2.45) is 23.5 Å². The van der Waals surface area contributed by atoms with Gasteiger partial charge in [-0.1, -0.05) is 26.7 Å². The Kier molecular flexibility index (Phi) is 5.70. The zero-order valence-corrected chi connectivity index (χ0v) is 13.3. The fourth-order valence-electron chi connectivity index (χ4n) is 4.45. The van der Waals surface area contributed by atoms with Crippen LogP contribution in [0.2, 0.25) is 0 Å². The number of hydrogen-bond acceptors (Lipinski definition) is 2. The molecule has 112 valence electrons. The minimum atomic E-state index is 0.751. The molecule has 0 radical (unpaired) electrons. The predicted octanol–water partition coefficient (Wildman–Crippen LogP) is 3.65. The van der Waals surface area contributed by atoms with Crippen LogP contribution in [-0.2, 0) is 0 Å². The first-order valence-electron chi connectivity index (χ1n) is 8.55. The van der Waals surface area contributed by atoms with E-state index >= 15 is 0 Å². The van der Waals surface area contributed by atoms with Crippen molar-refractivity contribution in [2.75, 3.05) is 13.6 Å². The molecule has 0 aromatic heterocycles. The lowest BCUT2D eigenvalue weighted by Gasteiger charge is -2.44. The second-order valence-electron chi connectivity index (χ2n) is 7.33. The van der Waals surface area contributed by atoms with E-state index in [1.807, 2.05) is 0 Å². The lowest BCUT2D eigenvalue weighted by Crippen LogP contribution is -2.48. The summed E-state index contributed by atoms with van der Waals surface area (Å²) in [5.41, 5.74) is 6.00. The van der Waals surface area contributed by atoms with E-state index in [2.05, 4.69) is 25.8 Å². The lowest BCUT2D eigenvalue weighted by molar-refractivity contribution is 0.0600. The lowest BCUT2D eigenvalue weighted by atomic mass is 9.77. The Morgan fingerprint density at radius 3 is 2.21 bits per heavy atom. The van der Waals surface area contributed by atoms with Crippen molar-refractivity contribution in [1.29, 1.82) is 0 Å². The first-order chi connectivity index (χ1) is 9.13. The predicted molar refractivity (Wildman–Crippen MR) is 83.1 cm³/mol. The van der Waals surface area contributed by atoms with Crippen LogP contribution in [-0.4, -0.2) is 30.6 Å². The Morgan fingerprint density at radius 2 is 1.63 bits per heavy atom. The van der Waals surface area contributed by atoms with Crippen LogP contribution < -0.4 is 5.73 Å². The molecule has 0 aromatic carbocycles. The molecule has 2 aliphatic rings. The smallest absolute Gasteiger partial charge is 0.0135 e. The van der Waals surface area contributed by atoms with Crippen molar-refractivity contribution >= 4 is 0 Å². The van der Waals surface area contributed by atoms with Gasteiger partial charge in [0.1, 0.15) is 0 Å². The average molecular weight is 266 g/mol. The minimum absolute atomic E-state index is 0.751. The van der Waals surface area contributed by atoms with Crippen molar-refractivity contribution in [3.05, 3.63) is 0 Å². The van der Waals surface area contributed by atoms with Crippen LogP contribution in [0.3, 0.4) is 0 Å². The van der Waals surface area contributed by atoms with Crippen LogP contribution in [0.25, 0.3) is 0 Å². The van der Waals surface area contributed by atoms with Crippen molar-refractivity contribution in [3.8, 4) is 0 Å². The molecule has 2 saturated carbocycles. The van der Waals surface area contributed by atoms with Gasteiger partial charge in [-0.25, -0.2) is 0 Å². The summed E-state index contributed by atoms with van der Waals surface area (Å²) in [5, 5.41) is 0. The number of rotatable bonds is 4. The van der Waals surface area contributed by atoms with Gasteiger partial charge < -0.3 is 10.6 Å². The summed E-state index contributed by atoms with van der Waals surface area (Å²) in [5.74, 6) is 2.60. The van der Waals surface area contributed by atoms with Crippen LogP contribution in [0.4, 0.5) is 0 Å². The maximum Gasteiger partial charge on any atom is 0.0135 e. The zero-order chi connectivity index (χ0) is 13.8. The molecule has 0 aromatic rings. The standard InChI is InChI=1S/C17H34N2/c1-13(2)14-8-10-16(11-9-14)19(3)17-7-5-4-6-15(17)12-18/h13-17H,4-12,18H2,1-3H3. The first kappa shape index (κ1) is 15.3. The van der Waals surface area contributed by atoms with Gasteiger partial charge in [0.15, 0.2) is 0 Å². The van der Waals surface area contributed by atoms with Crippen molar-refractivity contribution in [1.82, 2.24) is 4.90 Å². The molecular formula is C17H34N2. The minimum Gasteiger partial charge on any atom is -0.330 e. The van der Waals surface area contributed by atoms with Gasteiger partial charge in [-0.15, -0.1) is 0 Å². The highest BCUT2D eigenvalue weighted by atomic mass is 15.2. The first-order valence-corrected chi connectivity index (χ1v) is 8.55. The van der Waals surface area contributed by atoms with E-state index in [1.165, 1.54) is 51.4 Å². The molecule has 0 aliphatic heterocycles. The Bertz CT molecular complexity index is 256. The van der Waals surface area contributed by atoms with Gasteiger partial charge in [0.05, 0.1) is 0 Å². The molecule has 0 heterocycles. The van der Waals surface area contributed by atoms with Crippen LogP contribution in [0.5, 0.6) is 0 Å². The van der Waals surface area contributed by atoms with Gasteiger partial charge in [0, 0.05) is 12.1 Å². The third-order valence-corrected chi connectivity index (χ3v) is 5.95. The highest BCUT2D eigenvalue weighted by Crippen LogP contribution is 2.35. The van der Waals surface area contributed by atoms with Crippen LogP contribution >= 0.6 is 0 Å². The Balaban J connectivity index is 1.87. The summed E-state index contributed by atoms with van der Waals surface area (Å²) >= 11 is 0. The highest BCUT2D eigenvalue weighted by Gasteiger charge is 2.33. The average Bonchev–Trinajstić information content (AvgIpc) is 2.46.